The number of fused-ring (bicyclic) bond motifs is 12. The van der Waals surface area contributed by atoms with Crippen molar-refractivity contribution in [2.75, 3.05) is 0 Å². The van der Waals surface area contributed by atoms with Crippen molar-refractivity contribution in [2.24, 2.45) is 0 Å². The van der Waals surface area contributed by atoms with E-state index in [-0.39, 0.29) is 10.8 Å². The predicted molar refractivity (Wildman–Crippen MR) is 193 cm³/mol. The minimum atomic E-state index is -0.112. The first kappa shape index (κ1) is 27.2. The maximum atomic E-state index is 4.72. The summed E-state index contributed by atoms with van der Waals surface area (Å²) in [5.74, 6) is 0. The van der Waals surface area contributed by atoms with Gasteiger partial charge in [-0.2, -0.15) is 0 Å². The molecule has 4 heteroatoms. The molecule has 11 rings (SSSR count). The number of benzene rings is 5. The monoisotopic (exact) mass is 628 g/mol. The van der Waals surface area contributed by atoms with Crippen LogP contribution in [0.3, 0.4) is 0 Å². The molecule has 2 aromatic heterocycles. The van der Waals surface area contributed by atoms with Gasteiger partial charge in [-0.1, -0.05) is 84.9 Å². The fourth-order valence-corrected chi connectivity index (χ4v) is 9.88. The molecule has 0 radical (unpaired) electrons. The molecule has 0 aliphatic heterocycles. The molecule has 49 heavy (non-hydrogen) atoms. The summed E-state index contributed by atoms with van der Waals surface area (Å²) in [5, 5.41) is 0. The summed E-state index contributed by atoms with van der Waals surface area (Å²) in [6, 6.07) is 39.3. The summed E-state index contributed by atoms with van der Waals surface area (Å²) in [4.78, 5) is 18.2. The van der Waals surface area contributed by atoms with Crippen molar-refractivity contribution in [3.05, 3.63) is 179 Å². The Labute approximate surface area is 285 Å². The Morgan fingerprint density at radius 2 is 0.918 bits per heavy atom. The van der Waals surface area contributed by atoms with Crippen LogP contribution in [0.5, 0.6) is 0 Å². The zero-order valence-electron chi connectivity index (χ0n) is 27.2. The number of hydrogen-bond donors (Lipinski definition) is 0. The highest BCUT2D eigenvalue weighted by atomic mass is 14.8. The summed E-state index contributed by atoms with van der Waals surface area (Å²) in [6.07, 6.45) is 11.1. The number of rotatable bonds is 2. The third kappa shape index (κ3) is 3.69. The molecule has 0 amide bonds. The van der Waals surface area contributed by atoms with Gasteiger partial charge < -0.3 is 0 Å². The highest BCUT2D eigenvalue weighted by molar-refractivity contribution is 5.88. The maximum absolute atomic E-state index is 4.72. The van der Waals surface area contributed by atoms with Crippen LogP contribution in [0.4, 0.5) is 0 Å². The molecule has 0 N–H and O–H groups in total. The van der Waals surface area contributed by atoms with Crippen molar-refractivity contribution in [1.29, 1.82) is 0 Å². The van der Waals surface area contributed by atoms with E-state index in [1.165, 1.54) is 94.8 Å². The lowest BCUT2D eigenvalue weighted by Gasteiger charge is -2.27. The summed E-state index contributed by atoms with van der Waals surface area (Å²) in [6.45, 7) is 2.22. The highest BCUT2D eigenvalue weighted by Crippen LogP contribution is 2.57. The van der Waals surface area contributed by atoms with Gasteiger partial charge in [0.15, 0.2) is 0 Å². The SMILES string of the molecule is Cc1cc(-c2ccc3c(c2)C2(Cc4cncnc4C2)c2ccccc2-3)cc(-c2ccc3c(c2)C2(Cc4cncnc4C2)c2ccccc2-3)c1. The van der Waals surface area contributed by atoms with Crippen LogP contribution < -0.4 is 0 Å². The van der Waals surface area contributed by atoms with Crippen LogP contribution in [-0.4, -0.2) is 19.9 Å². The van der Waals surface area contributed by atoms with E-state index in [1.54, 1.807) is 12.7 Å². The van der Waals surface area contributed by atoms with Gasteiger partial charge in [-0.25, -0.2) is 19.9 Å². The normalized spacial score (nSPS) is 20.2. The highest BCUT2D eigenvalue weighted by Gasteiger charge is 2.49. The molecule has 4 nitrogen and oxygen atoms in total. The molecule has 0 saturated carbocycles. The molecule has 2 spiro atoms. The lowest BCUT2D eigenvalue weighted by Crippen LogP contribution is -2.26. The molecule has 0 saturated heterocycles. The summed E-state index contributed by atoms with van der Waals surface area (Å²) in [7, 11) is 0. The molecule has 2 heterocycles. The molecule has 2 atom stereocenters. The molecular weight excluding hydrogens is 597 g/mol. The third-order valence-corrected chi connectivity index (χ3v) is 12.0. The molecule has 4 aliphatic rings. The smallest absolute Gasteiger partial charge is 0.115 e. The quantitative estimate of drug-likeness (QED) is 0.192. The standard InChI is InChI=1S/C45H32N4/c1-27-14-30(28-10-12-36-34-6-2-4-8-38(34)44(40(36)17-28)19-32-23-46-25-48-42(32)21-44)16-31(15-27)29-11-13-37-35-7-3-5-9-39(35)45(41(37)18-29)20-33-24-47-26-49-43(33)22-45/h2-18,23-26H,19-22H2,1H3. The van der Waals surface area contributed by atoms with E-state index in [4.69, 9.17) is 9.97 Å². The first-order chi connectivity index (χ1) is 24.1. The van der Waals surface area contributed by atoms with Crippen LogP contribution in [0.15, 0.2) is 128 Å². The van der Waals surface area contributed by atoms with Crippen LogP contribution >= 0.6 is 0 Å². The Balaban J connectivity index is 1.03. The van der Waals surface area contributed by atoms with Crippen molar-refractivity contribution in [1.82, 2.24) is 19.9 Å². The van der Waals surface area contributed by atoms with Crippen LogP contribution in [0.1, 0.15) is 50.3 Å². The van der Waals surface area contributed by atoms with Gasteiger partial charge in [0.1, 0.15) is 12.7 Å². The second-order valence-electron chi connectivity index (χ2n) is 14.6. The Morgan fingerprint density at radius 3 is 1.41 bits per heavy atom. The molecule has 4 aliphatic carbocycles. The van der Waals surface area contributed by atoms with E-state index in [2.05, 4.69) is 120 Å². The van der Waals surface area contributed by atoms with E-state index in [0.29, 0.717) is 0 Å². The zero-order valence-corrected chi connectivity index (χ0v) is 27.2. The van der Waals surface area contributed by atoms with Gasteiger partial charge >= 0.3 is 0 Å². The summed E-state index contributed by atoms with van der Waals surface area (Å²) in [5.41, 5.74) is 22.0. The number of aryl methyl sites for hydroxylation is 1. The second-order valence-corrected chi connectivity index (χ2v) is 14.6. The van der Waals surface area contributed by atoms with Crippen LogP contribution in [-0.2, 0) is 36.5 Å². The molecule has 0 fully saturated rings. The number of aromatic nitrogens is 4. The van der Waals surface area contributed by atoms with Crippen LogP contribution in [0, 0.1) is 6.92 Å². The summed E-state index contributed by atoms with van der Waals surface area (Å²) >= 11 is 0. The van der Waals surface area contributed by atoms with E-state index in [9.17, 15) is 0 Å². The van der Waals surface area contributed by atoms with Crippen molar-refractivity contribution in [3.8, 4) is 44.5 Å². The molecule has 7 aromatic rings. The fourth-order valence-electron chi connectivity index (χ4n) is 9.88. The molecule has 0 bridgehead atoms. The van der Waals surface area contributed by atoms with Gasteiger partial charge in [0, 0.05) is 47.5 Å². The predicted octanol–water partition coefficient (Wildman–Crippen LogP) is 9.04. The first-order valence-electron chi connectivity index (χ1n) is 17.3. The van der Waals surface area contributed by atoms with E-state index < -0.39 is 0 Å². The van der Waals surface area contributed by atoms with Crippen molar-refractivity contribution >= 4 is 0 Å². The lowest BCUT2D eigenvalue weighted by atomic mass is 9.75. The first-order valence-corrected chi connectivity index (χ1v) is 17.3. The maximum Gasteiger partial charge on any atom is 0.115 e. The molecule has 2 unspecified atom stereocenters. The fraction of sp³-hybridized carbons (Fsp3) is 0.156. The third-order valence-electron chi connectivity index (χ3n) is 12.0. The van der Waals surface area contributed by atoms with E-state index in [0.717, 1.165) is 25.7 Å². The van der Waals surface area contributed by atoms with Gasteiger partial charge in [-0.05, 0) is 121 Å². The largest absolute Gasteiger partial charge is 0.245 e. The van der Waals surface area contributed by atoms with Crippen LogP contribution in [0.2, 0.25) is 0 Å². The van der Waals surface area contributed by atoms with Gasteiger partial charge in [0.2, 0.25) is 0 Å². The lowest BCUT2D eigenvalue weighted by molar-refractivity contribution is 0.560. The zero-order chi connectivity index (χ0) is 32.3. The average molecular weight is 629 g/mol. The average Bonchev–Trinajstić information content (AvgIpc) is 3.87. The van der Waals surface area contributed by atoms with Gasteiger partial charge in [-0.15, -0.1) is 0 Å². The Bertz CT molecular complexity index is 2320. The summed E-state index contributed by atoms with van der Waals surface area (Å²) < 4.78 is 0. The number of hydrogen-bond acceptors (Lipinski definition) is 4. The van der Waals surface area contributed by atoms with Crippen molar-refractivity contribution < 1.29 is 0 Å². The van der Waals surface area contributed by atoms with Gasteiger partial charge in [-0.3, -0.25) is 0 Å². The Hall–Kier alpha value is -5.74. The minimum absolute atomic E-state index is 0.112. The van der Waals surface area contributed by atoms with Crippen LogP contribution in [0.25, 0.3) is 44.5 Å². The number of nitrogens with zero attached hydrogens (tertiary/aromatic N) is 4. The molecular formula is C45H32N4. The van der Waals surface area contributed by atoms with E-state index in [1.807, 2.05) is 12.4 Å². The van der Waals surface area contributed by atoms with Gasteiger partial charge in [0.25, 0.3) is 0 Å². The van der Waals surface area contributed by atoms with Crippen molar-refractivity contribution in [2.45, 2.75) is 43.4 Å². The molecule has 232 valence electrons. The van der Waals surface area contributed by atoms with Gasteiger partial charge in [0.05, 0.1) is 0 Å². The minimum Gasteiger partial charge on any atom is -0.245 e. The van der Waals surface area contributed by atoms with Crippen molar-refractivity contribution in [3.63, 3.8) is 0 Å². The topological polar surface area (TPSA) is 51.6 Å². The van der Waals surface area contributed by atoms with E-state index >= 15 is 0 Å². The molecule has 5 aromatic carbocycles. The Kier molecular flexibility index (Phi) is 5.37. The second kappa shape index (κ2) is 9.67. The Morgan fingerprint density at radius 1 is 0.449 bits per heavy atom.